The molecule has 1 aromatic carbocycles. The van der Waals surface area contributed by atoms with Crippen LogP contribution in [0.25, 0.3) is 0 Å². The number of benzene rings is 1. The molecule has 6 nitrogen and oxygen atoms in total. The first-order valence-corrected chi connectivity index (χ1v) is 8.43. The van der Waals surface area contributed by atoms with Crippen molar-refractivity contribution in [1.29, 1.82) is 5.26 Å². The highest BCUT2D eigenvalue weighted by Gasteiger charge is 2.34. The van der Waals surface area contributed by atoms with Crippen molar-refractivity contribution in [2.24, 2.45) is 0 Å². The van der Waals surface area contributed by atoms with Crippen LogP contribution < -0.4 is 10.2 Å². The Kier molecular flexibility index (Phi) is 5.02. The maximum absolute atomic E-state index is 13.1. The molecule has 2 aromatic rings. The fourth-order valence-corrected chi connectivity index (χ4v) is 3.20. The molecule has 0 saturated carbocycles. The van der Waals surface area contributed by atoms with Gasteiger partial charge in [0.1, 0.15) is 6.33 Å². The van der Waals surface area contributed by atoms with Crippen molar-refractivity contribution in [3.05, 3.63) is 35.7 Å². The smallest absolute Gasteiger partial charge is 0.381 e. The van der Waals surface area contributed by atoms with E-state index in [1.807, 2.05) is 6.92 Å². The van der Waals surface area contributed by atoms with Gasteiger partial charge in [0, 0.05) is 31.4 Å². The fourth-order valence-electron chi connectivity index (χ4n) is 3.20. The number of aryl methyl sites for hydroxylation is 1. The number of hydrogen-bond acceptors (Lipinski definition) is 5. The standard InChI is InChI=1S/C17H19F3N6/c1-2-26-16(22-11-23-26)25-7-3-4-14(10-25)24-13-6-5-12(9-21)15(8-13)17(18,19)20/h5-6,8,11,14,24H,2-4,7,10H2,1H3. The average molecular weight is 364 g/mol. The number of nitriles is 1. The van der Waals surface area contributed by atoms with Gasteiger partial charge >= 0.3 is 6.18 Å². The van der Waals surface area contributed by atoms with Gasteiger partial charge in [0.05, 0.1) is 17.2 Å². The van der Waals surface area contributed by atoms with Crippen molar-refractivity contribution in [1.82, 2.24) is 14.8 Å². The summed E-state index contributed by atoms with van der Waals surface area (Å²) in [5.41, 5.74) is -0.923. The summed E-state index contributed by atoms with van der Waals surface area (Å²) in [5, 5.41) is 16.2. The van der Waals surface area contributed by atoms with Crippen molar-refractivity contribution < 1.29 is 13.2 Å². The molecule has 3 rings (SSSR count). The lowest BCUT2D eigenvalue weighted by Gasteiger charge is -2.34. The Morgan fingerprint density at radius 3 is 2.88 bits per heavy atom. The summed E-state index contributed by atoms with van der Waals surface area (Å²) < 4.78 is 41.2. The topological polar surface area (TPSA) is 69.8 Å². The summed E-state index contributed by atoms with van der Waals surface area (Å²) in [6.07, 6.45) is -1.31. The first-order chi connectivity index (χ1) is 12.4. The number of aromatic nitrogens is 3. The van der Waals surface area contributed by atoms with E-state index in [1.165, 1.54) is 18.5 Å². The molecule has 1 atom stereocenters. The number of nitrogens with zero attached hydrogens (tertiary/aromatic N) is 5. The molecule has 1 unspecified atom stereocenters. The second kappa shape index (κ2) is 7.23. The normalized spacial score (nSPS) is 17.8. The summed E-state index contributed by atoms with van der Waals surface area (Å²) >= 11 is 0. The highest BCUT2D eigenvalue weighted by molar-refractivity contribution is 5.54. The molecule has 0 aliphatic carbocycles. The monoisotopic (exact) mass is 364 g/mol. The maximum Gasteiger partial charge on any atom is 0.417 e. The highest BCUT2D eigenvalue weighted by atomic mass is 19.4. The van der Waals surface area contributed by atoms with Crippen LogP contribution in [-0.4, -0.2) is 33.9 Å². The van der Waals surface area contributed by atoms with E-state index in [2.05, 4.69) is 20.3 Å². The Morgan fingerprint density at radius 2 is 2.19 bits per heavy atom. The molecule has 26 heavy (non-hydrogen) atoms. The average Bonchev–Trinajstić information content (AvgIpc) is 3.10. The van der Waals surface area contributed by atoms with Gasteiger partial charge in [-0.25, -0.2) is 4.68 Å². The number of alkyl halides is 3. The minimum Gasteiger partial charge on any atom is -0.381 e. The summed E-state index contributed by atoms with van der Waals surface area (Å²) in [5.74, 6) is 0.773. The Balaban J connectivity index is 1.76. The second-order valence-electron chi connectivity index (χ2n) is 6.18. The molecule has 1 N–H and O–H groups in total. The summed E-state index contributed by atoms with van der Waals surface area (Å²) in [6.45, 7) is 4.14. The molecule has 138 valence electrons. The summed E-state index contributed by atoms with van der Waals surface area (Å²) in [6, 6.07) is 5.31. The molecule has 1 saturated heterocycles. The Bertz CT molecular complexity index is 808. The van der Waals surface area contributed by atoms with Crippen molar-refractivity contribution in [3.63, 3.8) is 0 Å². The van der Waals surface area contributed by atoms with E-state index in [0.717, 1.165) is 31.4 Å². The zero-order chi connectivity index (χ0) is 18.7. The molecule has 0 bridgehead atoms. The number of halogens is 3. The van der Waals surface area contributed by atoms with Gasteiger partial charge in [0.25, 0.3) is 0 Å². The fraction of sp³-hybridized carbons (Fsp3) is 0.471. The number of anilines is 2. The molecule has 2 heterocycles. The molecule has 0 spiro atoms. The SMILES string of the molecule is CCn1ncnc1N1CCCC(Nc2ccc(C#N)c(C(F)(F)F)c2)C1. The Morgan fingerprint density at radius 1 is 1.38 bits per heavy atom. The van der Waals surface area contributed by atoms with Gasteiger partial charge in [-0.3, -0.25) is 0 Å². The molecule has 1 fully saturated rings. The minimum absolute atomic E-state index is 0.0141. The third-order valence-corrected chi connectivity index (χ3v) is 4.42. The van der Waals surface area contributed by atoms with Crippen LogP contribution >= 0.6 is 0 Å². The summed E-state index contributed by atoms with van der Waals surface area (Å²) in [4.78, 5) is 6.38. The van der Waals surface area contributed by atoms with E-state index in [4.69, 9.17) is 5.26 Å². The van der Waals surface area contributed by atoms with Crippen molar-refractivity contribution in [3.8, 4) is 6.07 Å². The van der Waals surface area contributed by atoms with E-state index < -0.39 is 11.7 Å². The van der Waals surface area contributed by atoms with Gasteiger partial charge in [0.2, 0.25) is 5.95 Å². The van der Waals surface area contributed by atoms with Crippen LogP contribution in [-0.2, 0) is 12.7 Å². The minimum atomic E-state index is -4.56. The van der Waals surface area contributed by atoms with E-state index in [0.29, 0.717) is 18.8 Å². The third kappa shape index (κ3) is 3.74. The lowest BCUT2D eigenvalue weighted by Crippen LogP contribution is -2.43. The van der Waals surface area contributed by atoms with Crippen molar-refractivity contribution in [2.75, 3.05) is 23.3 Å². The van der Waals surface area contributed by atoms with Gasteiger partial charge < -0.3 is 10.2 Å². The molecular weight excluding hydrogens is 345 g/mol. The quantitative estimate of drug-likeness (QED) is 0.902. The van der Waals surface area contributed by atoms with Gasteiger partial charge in [-0.15, -0.1) is 0 Å². The zero-order valence-electron chi connectivity index (χ0n) is 14.3. The maximum atomic E-state index is 13.1. The van der Waals surface area contributed by atoms with Gasteiger partial charge in [-0.1, -0.05) is 0 Å². The van der Waals surface area contributed by atoms with Gasteiger partial charge in [-0.2, -0.15) is 28.5 Å². The first-order valence-electron chi connectivity index (χ1n) is 8.43. The molecular formula is C17H19F3N6. The zero-order valence-corrected chi connectivity index (χ0v) is 14.3. The third-order valence-electron chi connectivity index (χ3n) is 4.42. The second-order valence-corrected chi connectivity index (χ2v) is 6.18. The first kappa shape index (κ1) is 18.0. The molecule has 1 aliphatic heterocycles. The predicted molar refractivity (Wildman–Crippen MR) is 90.7 cm³/mol. The van der Waals surface area contributed by atoms with Crippen molar-refractivity contribution >= 4 is 11.6 Å². The molecule has 9 heteroatoms. The lowest BCUT2D eigenvalue weighted by molar-refractivity contribution is -0.137. The van der Waals surface area contributed by atoms with Gasteiger partial charge in [-0.05, 0) is 38.0 Å². The predicted octanol–water partition coefficient (Wildman–Crippen LogP) is 3.27. The largest absolute Gasteiger partial charge is 0.417 e. The van der Waals surface area contributed by atoms with Crippen LogP contribution in [0.1, 0.15) is 30.9 Å². The number of rotatable bonds is 4. The molecule has 1 aliphatic rings. The number of piperidine rings is 1. The van der Waals surface area contributed by atoms with E-state index in [1.54, 1.807) is 10.8 Å². The Hall–Kier alpha value is -2.76. The van der Waals surface area contributed by atoms with E-state index in [-0.39, 0.29) is 11.6 Å². The van der Waals surface area contributed by atoms with E-state index >= 15 is 0 Å². The van der Waals surface area contributed by atoms with E-state index in [9.17, 15) is 13.2 Å². The molecule has 0 amide bonds. The highest BCUT2D eigenvalue weighted by Crippen LogP contribution is 2.34. The molecule has 1 aromatic heterocycles. The van der Waals surface area contributed by atoms with Gasteiger partial charge in [0.15, 0.2) is 0 Å². The van der Waals surface area contributed by atoms with Crippen LogP contribution in [0.5, 0.6) is 0 Å². The van der Waals surface area contributed by atoms with Crippen LogP contribution in [0.2, 0.25) is 0 Å². The van der Waals surface area contributed by atoms with Crippen LogP contribution in [0.3, 0.4) is 0 Å². The van der Waals surface area contributed by atoms with Crippen LogP contribution in [0.15, 0.2) is 24.5 Å². The van der Waals surface area contributed by atoms with Crippen molar-refractivity contribution in [2.45, 2.75) is 38.5 Å². The number of nitrogens with one attached hydrogen (secondary N) is 1. The lowest BCUT2D eigenvalue weighted by atomic mass is 10.0. The Labute approximate surface area is 149 Å². The van der Waals surface area contributed by atoms with Crippen LogP contribution in [0, 0.1) is 11.3 Å². The number of hydrogen-bond donors (Lipinski definition) is 1. The summed E-state index contributed by atoms with van der Waals surface area (Å²) in [7, 11) is 0. The molecule has 0 radical (unpaired) electrons. The van der Waals surface area contributed by atoms with Crippen LogP contribution in [0.4, 0.5) is 24.8 Å².